The maximum atomic E-state index is 13.3. The van der Waals surface area contributed by atoms with Crippen LogP contribution in [-0.4, -0.2) is 41.0 Å². The Morgan fingerprint density at radius 3 is 2.59 bits per heavy atom. The molecule has 0 radical (unpaired) electrons. The molecule has 2 aromatic rings. The normalized spacial score (nSPS) is 16.6. The van der Waals surface area contributed by atoms with Gasteiger partial charge in [0.1, 0.15) is 12.4 Å². The fraction of sp³-hybridized carbons (Fsp3) is 0.350. The van der Waals surface area contributed by atoms with Crippen LogP contribution in [0.2, 0.25) is 0 Å². The Bertz CT molecular complexity index is 847. The molecule has 1 unspecified atom stereocenters. The van der Waals surface area contributed by atoms with Crippen molar-refractivity contribution in [2.45, 2.75) is 26.3 Å². The molecule has 1 aliphatic rings. The summed E-state index contributed by atoms with van der Waals surface area (Å²) in [7, 11) is 1.62. The van der Waals surface area contributed by atoms with E-state index in [4.69, 9.17) is 0 Å². The van der Waals surface area contributed by atoms with Gasteiger partial charge < -0.3 is 4.90 Å². The van der Waals surface area contributed by atoms with Crippen molar-refractivity contribution in [3.63, 3.8) is 0 Å². The van der Waals surface area contributed by atoms with E-state index in [1.807, 2.05) is 17.5 Å². The lowest BCUT2D eigenvalue weighted by Crippen LogP contribution is -2.40. The van der Waals surface area contributed by atoms with Crippen LogP contribution in [0.1, 0.15) is 36.8 Å². The van der Waals surface area contributed by atoms with Crippen LogP contribution in [0.3, 0.4) is 0 Å². The third-order valence-corrected chi connectivity index (χ3v) is 5.39. The molecule has 142 valence electrons. The molecule has 0 aliphatic carbocycles. The van der Waals surface area contributed by atoms with E-state index < -0.39 is 0 Å². The number of halogens is 1. The molecule has 0 spiro atoms. The number of amides is 2. The summed E-state index contributed by atoms with van der Waals surface area (Å²) in [6.07, 6.45) is 0.555. The zero-order valence-electron chi connectivity index (χ0n) is 15.6. The Labute approximate surface area is 162 Å². The zero-order chi connectivity index (χ0) is 19.6. The first-order chi connectivity index (χ1) is 12.9. The third kappa shape index (κ3) is 4.24. The van der Waals surface area contributed by atoms with Gasteiger partial charge in [-0.15, -0.1) is 11.3 Å². The summed E-state index contributed by atoms with van der Waals surface area (Å²) in [4.78, 5) is 27.4. The Morgan fingerprint density at radius 2 is 2.00 bits per heavy atom. The minimum atomic E-state index is -0.323. The van der Waals surface area contributed by atoms with Gasteiger partial charge in [-0.2, -0.15) is 5.10 Å². The molecular weight excluding hydrogens is 365 g/mol. The highest BCUT2D eigenvalue weighted by molar-refractivity contribution is 7.12. The summed E-state index contributed by atoms with van der Waals surface area (Å²) in [6.45, 7) is 3.55. The summed E-state index contributed by atoms with van der Waals surface area (Å²) >= 11 is 1.56. The molecule has 1 aromatic carbocycles. The van der Waals surface area contributed by atoms with E-state index >= 15 is 0 Å². The van der Waals surface area contributed by atoms with Crippen molar-refractivity contribution in [3.8, 4) is 0 Å². The first-order valence-corrected chi connectivity index (χ1v) is 9.68. The van der Waals surface area contributed by atoms with Crippen molar-refractivity contribution in [3.05, 3.63) is 58.0 Å². The lowest BCUT2D eigenvalue weighted by atomic mass is 10.0. The monoisotopic (exact) mass is 387 g/mol. The van der Waals surface area contributed by atoms with Gasteiger partial charge in [0.25, 0.3) is 5.91 Å². The first-order valence-electron chi connectivity index (χ1n) is 8.80. The van der Waals surface area contributed by atoms with E-state index in [-0.39, 0.29) is 36.1 Å². The molecule has 3 rings (SSSR count). The number of thiophene rings is 1. The fourth-order valence-electron chi connectivity index (χ4n) is 3.07. The molecule has 0 bridgehead atoms. The molecule has 1 aliphatic heterocycles. The van der Waals surface area contributed by atoms with Crippen LogP contribution in [0, 0.1) is 11.7 Å². The first kappa shape index (κ1) is 19.2. The number of carbonyl (C=O) groups excluding carboxylic acids is 2. The maximum absolute atomic E-state index is 13.3. The molecule has 0 saturated heterocycles. The van der Waals surface area contributed by atoms with Gasteiger partial charge in [-0.1, -0.05) is 32.0 Å². The average molecular weight is 387 g/mol. The fourth-order valence-corrected chi connectivity index (χ4v) is 3.79. The third-order valence-electron chi connectivity index (χ3n) is 4.47. The number of hydrazone groups is 1. The number of hydrogen-bond donors (Lipinski definition) is 0. The van der Waals surface area contributed by atoms with Crippen molar-refractivity contribution in [2.24, 2.45) is 11.0 Å². The van der Waals surface area contributed by atoms with E-state index in [9.17, 15) is 14.0 Å². The highest BCUT2D eigenvalue weighted by Crippen LogP contribution is 2.34. The van der Waals surface area contributed by atoms with E-state index in [1.54, 1.807) is 44.4 Å². The Kier molecular flexibility index (Phi) is 5.70. The number of nitrogens with zero attached hydrogens (tertiary/aromatic N) is 3. The van der Waals surface area contributed by atoms with Crippen LogP contribution < -0.4 is 0 Å². The molecule has 0 saturated carbocycles. The standard InChI is InChI=1S/C20H22FN3O2S/c1-13(2)20(26)23(3)12-19(25)24-17(14-6-8-15(21)9-7-14)11-16(22-24)18-5-4-10-27-18/h4-10,13,17H,11-12H2,1-3H3. The molecule has 5 nitrogen and oxygen atoms in total. The van der Waals surface area contributed by atoms with Crippen LogP contribution in [0.4, 0.5) is 4.39 Å². The van der Waals surface area contributed by atoms with Gasteiger partial charge in [0.15, 0.2) is 0 Å². The van der Waals surface area contributed by atoms with Crippen molar-refractivity contribution >= 4 is 28.9 Å². The summed E-state index contributed by atoms with van der Waals surface area (Å²) in [5.74, 6) is -0.855. The lowest BCUT2D eigenvalue weighted by Gasteiger charge is -2.25. The molecular formula is C20H22FN3O2S. The van der Waals surface area contributed by atoms with Crippen molar-refractivity contribution in [2.75, 3.05) is 13.6 Å². The van der Waals surface area contributed by atoms with Gasteiger partial charge in [0, 0.05) is 19.4 Å². The van der Waals surface area contributed by atoms with Gasteiger partial charge in [-0.25, -0.2) is 9.40 Å². The molecule has 7 heteroatoms. The average Bonchev–Trinajstić information content (AvgIpc) is 3.31. The van der Waals surface area contributed by atoms with E-state index in [1.165, 1.54) is 22.0 Å². The SMILES string of the molecule is CC(C)C(=O)N(C)CC(=O)N1N=C(c2cccs2)CC1c1ccc(F)cc1. The maximum Gasteiger partial charge on any atom is 0.262 e. The van der Waals surface area contributed by atoms with Crippen LogP contribution in [0.25, 0.3) is 0 Å². The number of likely N-dealkylation sites (N-methyl/N-ethyl adjacent to an activating group) is 1. The van der Waals surface area contributed by atoms with Crippen LogP contribution in [-0.2, 0) is 9.59 Å². The Balaban J connectivity index is 1.85. The van der Waals surface area contributed by atoms with Gasteiger partial charge in [-0.05, 0) is 29.1 Å². The lowest BCUT2D eigenvalue weighted by molar-refractivity contribution is -0.142. The summed E-state index contributed by atoms with van der Waals surface area (Å²) in [5.41, 5.74) is 1.64. The predicted molar refractivity (Wildman–Crippen MR) is 104 cm³/mol. The minimum absolute atomic E-state index is 0.0457. The molecule has 1 aromatic heterocycles. The Morgan fingerprint density at radius 1 is 1.30 bits per heavy atom. The number of hydrogen-bond acceptors (Lipinski definition) is 4. The van der Waals surface area contributed by atoms with Gasteiger partial charge in [-0.3, -0.25) is 9.59 Å². The summed E-state index contributed by atoms with van der Waals surface area (Å²) < 4.78 is 13.3. The van der Waals surface area contributed by atoms with Crippen molar-refractivity contribution < 1.29 is 14.0 Å². The van der Waals surface area contributed by atoms with Crippen molar-refractivity contribution in [1.29, 1.82) is 0 Å². The second kappa shape index (κ2) is 8.00. The molecule has 1 atom stereocenters. The molecule has 0 N–H and O–H groups in total. The number of benzene rings is 1. The summed E-state index contributed by atoms with van der Waals surface area (Å²) in [6, 6.07) is 9.72. The molecule has 0 fully saturated rings. The second-order valence-electron chi connectivity index (χ2n) is 6.88. The second-order valence-corrected chi connectivity index (χ2v) is 7.83. The van der Waals surface area contributed by atoms with Gasteiger partial charge in [0.05, 0.1) is 16.6 Å². The smallest absolute Gasteiger partial charge is 0.262 e. The molecule has 2 amide bonds. The van der Waals surface area contributed by atoms with E-state index in [0.29, 0.717) is 6.42 Å². The highest BCUT2D eigenvalue weighted by Gasteiger charge is 2.34. The predicted octanol–water partition coefficient (Wildman–Crippen LogP) is 3.68. The zero-order valence-corrected chi connectivity index (χ0v) is 16.4. The highest BCUT2D eigenvalue weighted by atomic mass is 32.1. The van der Waals surface area contributed by atoms with E-state index in [2.05, 4.69) is 5.10 Å². The molecule has 27 heavy (non-hydrogen) atoms. The number of carbonyl (C=O) groups is 2. The Hall–Kier alpha value is -2.54. The minimum Gasteiger partial charge on any atom is -0.336 e. The van der Waals surface area contributed by atoms with Crippen LogP contribution >= 0.6 is 11.3 Å². The van der Waals surface area contributed by atoms with Gasteiger partial charge >= 0.3 is 0 Å². The van der Waals surface area contributed by atoms with Crippen molar-refractivity contribution in [1.82, 2.24) is 9.91 Å². The summed E-state index contributed by atoms with van der Waals surface area (Å²) in [5, 5.41) is 7.95. The largest absolute Gasteiger partial charge is 0.336 e. The van der Waals surface area contributed by atoms with E-state index in [0.717, 1.165) is 16.2 Å². The number of rotatable bonds is 5. The van der Waals surface area contributed by atoms with Crippen LogP contribution in [0.15, 0.2) is 46.9 Å². The van der Waals surface area contributed by atoms with Gasteiger partial charge in [0.2, 0.25) is 5.91 Å². The topological polar surface area (TPSA) is 53.0 Å². The quantitative estimate of drug-likeness (QED) is 0.786. The molecule has 2 heterocycles. The van der Waals surface area contributed by atoms with Crippen LogP contribution in [0.5, 0.6) is 0 Å².